The Hall–Kier alpha value is 1.05. The summed E-state index contributed by atoms with van der Waals surface area (Å²) in [5, 5.41) is 0. The van der Waals surface area contributed by atoms with E-state index in [4.69, 9.17) is 0 Å². The van der Waals surface area contributed by atoms with Crippen molar-refractivity contribution in [3.05, 3.63) is 0 Å². The van der Waals surface area contributed by atoms with Crippen LogP contribution in [0.1, 0.15) is 19.3 Å². The molecule has 0 aromatic carbocycles. The molecule has 1 aliphatic rings. The lowest BCUT2D eigenvalue weighted by atomic mass is 9.68. The van der Waals surface area contributed by atoms with Gasteiger partial charge in [0.15, 0.2) is 0 Å². The van der Waals surface area contributed by atoms with E-state index in [-0.39, 0.29) is 0 Å². The SMILES string of the molecule is SCC(CS)(CS)C1CCC1. The van der Waals surface area contributed by atoms with E-state index < -0.39 is 0 Å². The van der Waals surface area contributed by atoms with E-state index in [0.29, 0.717) is 5.41 Å². The van der Waals surface area contributed by atoms with E-state index in [9.17, 15) is 0 Å². The van der Waals surface area contributed by atoms with Gasteiger partial charge >= 0.3 is 0 Å². The highest BCUT2D eigenvalue weighted by molar-refractivity contribution is 7.82. The van der Waals surface area contributed by atoms with Crippen LogP contribution in [0, 0.1) is 11.3 Å². The van der Waals surface area contributed by atoms with Gasteiger partial charge in [-0.3, -0.25) is 0 Å². The zero-order valence-corrected chi connectivity index (χ0v) is 9.34. The van der Waals surface area contributed by atoms with Gasteiger partial charge in [-0.25, -0.2) is 0 Å². The van der Waals surface area contributed by atoms with Crippen molar-refractivity contribution in [3.8, 4) is 0 Å². The van der Waals surface area contributed by atoms with Gasteiger partial charge in [0.2, 0.25) is 0 Å². The molecule has 1 saturated carbocycles. The molecule has 0 bridgehead atoms. The third-order valence-corrected chi connectivity index (χ3v) is 4.81. The van der Waals surface area contributed by atoms with Crippen LogP contribution in [-0.2, 0) is 0 Å². The molecule has 0 aliphatic heterocycles. The van der Waals surface area contributed by atoms with Crippen molar-refractivity contribution in [1.29, 1.82) is 0 Å². The minimum absolute atomic E-state index is 0.313. The molecular formula is C8H16S3. The Morgan fingerprint density at radius 3 is 1.55 bits per heavy atom. The minimum Gasteiger partial charge on any atom is -0.179 e. The van der Waals surface area contributed by atoms with E-state index in [1.807, 2.05) is 0 Å². The Labute approximate surface area is 85.8 Å². The van der Waals surface area contributed by atoms with Gasteiger partial charge in [0.1, 0.15) is 0 Å². The highest BCUT2D eigenvalue weighted by atomic mass is 32.1. The van der Waals surface area contributed by atoms with Crippen LogP contribution in [0.3, 0.4) is 0 Å². The molecule has 0 N–H and O–H groups in total. The standard InChI is InChI=1S/C8H16S3/c9-4-8(5-10,6-11)7-2-1-3-7/h7,9-11H,1-6H2. The first-order valence-corrected chi connectivity index (χ1v) is 6.01. The van der Waals surface area contributed by atoms with E-state index in [1.165, 1.54) is 19.3 Å². The third-order valence-electron chi connectivity index (χ3n) is 2.92. The van der Waals surface area contributed by atoms with Crippen LogP contribution in [-0.4, -0.2) is 17.3 Å². The Morgan fingerprint density at radius 1 is 1.00 bits per heavy atom. The predicted octanol–water partition coefficient (Wildman–Crippen LogP) is 2.56. The highest BCUT2D eigenvalue weighted by Crippen LogP contribution is 2.44. The normalized spacial score (nSPS) is 19.9. The van der Waals surface area contributed by atoms with Gasteiger partial charge in [-0.1, -0.05) is 6.42 Å². The molecule has 1 fully saturated rings. The molecular weight excluding hydrogens is 192 g/mol. The monoisotopic (exact) mass is 208 g/mol. The summed E-state index contributed by atoms with van der Waals surface area (Å²) in [4.78, 5) is 0. The summed E-state index contributed by atoms with van der Waals surface area (Å²) in [5.41, 5.74) is 0.313. The maximum Gasteiger partial charge on any atom is -0.000480 e. The first-order valence-electron chi connectivity index (χ1n) is 4.11. The van der Waals surface area contributed by atoms with Gasteiger partial charge in [0, 0.05) is 0 Å². The molecule has 11 heavy (non-hydrogen) atoms. The smallest absolute Gasteiger partial charge is 0.000480 e. The molecule has 0 unspecified atom stereocenters. The summed E-state index contributed by atoms with van der Waals surface area (Å²) in [6.07, 6.45) is 4.12. The van der Waals surface area contributed by atoms with E-state index in [1.54, 1.807) is 0 Å². The Bertz CT molecular complexity index is 108. The number of thiol groups is 3. The molecule has 66 valence electrons. The molecule has 1 aliphatic carbocycles. The van der Waals surface area contributed by atoms with Crippen molar-refractivity contribution in [2.24, 2.45) is 11.3 Å². The van der Waals surface area contributed by atoms with Crippen LogP contribution < -0.4 is 0 Å². The largest absolute Gasteiger partial charge is 0.179 e. The second-order valence-electron chi connectivity index (χ2n) is 3.46. The Morgan fingerprint density at radius 2 is 1.45 bits per heavy atom. The summed E-state index contributed by atoms with van der Waals surface area (Å²) in [7, 11) is 0. The molecule has 0 spiro atoms. The molecule has 3 heteroatoms. The molecule has 1 rings (SSSR count). The molecule has 0 saturated heterocycles. The molecule has 0 aromatic rings. The van der Waals surface area contributed by atoms with Crippen molar-refractivity contribution in [2.45, 2.75) is 19.3 Å². The fourth-order valence-electron chi connectivity index (χ4n) is 1.56. The average Bonchev–Trinajstić information content (AvgIpc) is 1.97. The fraction of sp³-hybridized carbons (Fsp3) is 1.00. The van der Waals surface area contributed by atoms with Gasteiger partial charge in [-0.05, 0) is 41.4 Å². The lowest BCUT2D eigenvalue weighted by Crippen LogP contribution is -2.40. The third kappa shape index (κ3) is 1.86. The summed E-state index contributed by atoms with van der Waals surface area (Å²) < 4.78 is 0. The van der Waals surface area contributed by atoms with Crippen molar-refractivity contribution < 1.29 is 0 Å². The van der Waals surface area contributed by atoms with Crippen molar-refractivity contribution >= 4 is 37.9 Å². The van der Waals surface area contributed by atoms with Crippen LogP contribution in [0.15, 0.2) is 0 Å². The van der Waals surface area contributed by atoms with Gasteiger partial charge in [-0.15, -0.1) is 0 Å². The zero-order valence-electron chi connectivity index (χ0n) is 6.66. The van der Waals surface area contributed by atoms with Crippen LogP contribution in [0.4, 0.5) is 0 Å². The molecule has 0 atom stereocenters. The summed E-state index contributed by atoms with van der Waals surface area (Å²) >= 11 is 13.2. The number of rotatable bonds is 4. The summed E-state index contributed by atoms with van der Waals surface area (Å²) in [6.45, 7) is 0. The first-order chi connectivity index (χ1) is 5.29. The quantitative estimate of drug-likeness (QED) is 0.581. The highest BCUT2D eigenvalue weighted by Gasteiger charge is 2.38. The van der Waals surface area contributed by atoms with Gasteiger partial charge in [0.25, 0.3) is 0 Å². The minimum atomic E-state index is 0.313. The van der Waals surface area contributed by atoms with Crippen molar-refractivity contribution in [1.82, 2.24) is 0 Å². The van der Waals surface area contributed by atoms with Crippen molar-refractivity contribution in [3.63, 3.8) is 0 Å². The zero-order chi connectivity index (χ0) is 8.32. The average molecular weight is 208 g/mol. The number of hydrogen-bond acceptors (Lipinski definition) is 3. The van der Waals surface area contributed by atoms with Crippen molar-refractivity contribution in [2.75, 3.05) is 17.3 Å². The van der Waals surface area contributed by atoms with Gasteiger partial charge in [0.05, 0.1) is 0 Å². The van der Waals surface area contributed by atoms with Gasteiger partial charge < -0.3 is 0 Å². The van der Waals surface area contributed by atoms with Crippen LogP contribution >= 0.6 is 37.9 Å². The predicted molar refractivity (Wildman–Crippen MR) is 61.3 cm³/mol. The second kappa shape index (κ2) is 4.33. The maximum absolute atomic E-state index is 4.39. The summed E-state index contributed by atoms with van der Waals surface area (Å²) in [6, 6.07) is 0. The molecule has 0 heterocycles. The fourth-order valence-corrected chi connectivity index (χ4v) is 3.53. The van der Waals surface area contributed by atoms with Crippen LogP contribution in [0.25, 0.3) is 0 Å². The second-order valence-corrected chi connectivity index (χ2v) is 4.41. The Kier molecular flexibility index (Phi) is 3.99. The van der Waals surface area contributed by atoms with Gasteiger partial charge in [-0.2, -0.15) is 37.9 Å². The summed E-state index contributed by atoms with van der Waals surface area (Å²) in [5.74, 6) is 3.65. The molecule has 0 radical (unpaired) electrons. The lowest BCUT2D eigenvalue weighted by Gasteiger charge is -2.43. The lowest BCUT2D eigenvalue weighted by molar-refractivity contribution is 0.156. The van der Waals surface area contributed by atoms with Crippen LogP contribution in [0.2, 0.25) is 0 Å². The first kappa shape index (κ1) is 10.1. The molecule has 0 nitrogen and oxygen atoms in total. The molecule has 0 aromatic heterocycles. The van der Waals surface area contributed by atoms with E-state index in [0.717, 1.165) is 23.2 Å². The van der Waals surface area contributed by atoms with E-state index in [2.05, 4.69) is 37.9 Å². The van der Waals surface area contributed by atoms with Crippen LogP contribution in [0.5, 0.6) is 0 Å². The maximum atomic E-state index is 4.39. The Balaban J connectivity index is 2.54. The topological polar surface area (TPSA) is 0 Å². The van der Waals surface area contributed by atoms with E-state index >= 15 is 0 Å². The molecule has 0 amide bonds. The number of hydrogen-bond donors (Lipinski definition) is 3.